The van der Waals surface area contributed by atoms with Gasteiger partial charge in [-0.1, -0.05) is 28.3 Å². The smallest absolute Gasteiger partial charge is 0.352 e. The molecule has 0 radical (unpaired) electrons. The van der Waals surface area contributed by atoms with Crippen molar-refractivity contribution in [3.8, 4) is 0 Å². The number of aliphatic carboxylic acids is 1. The zero-order valence-corrected chi connectivity index (χ0v) is 22.1. The number of anilines is 1. The van der Waals surface area contributed by atoms with E-state index in [2.05, 4.69) is 25.7 Å². The van der Waals surface area contributed by atoms with Crippen LogP contribution in [0.5, 0.6) is 0 Å². The van der Waals surface area contributed by atoms with Gasteiger partial charge >= 0.3 is 5.97 Å². The van der Waals surface area contributed by atoms with Gasteiger partial charge in [-0.3, -0.25) is 24.7 Å². The molecule has 2 aliphatic rings. The summed E-state index contributed by atoms with van der Waals surface area (Å²) in [5, 5.41) is 25.8. The summed E-state index contributed by atoms with van der Waals surface area (Å²) in [7, 11) is 0. The van der Waals surface area contributed by atoms with Crippen LogP contribution in [0.25, 0.3) is 0 Å². The summed E-state index contributed by atoms with van der Waals surface area (Å²) in [5.41, 5.74) is 7.72. The second-order valence-corrected chi connectivity index (χ2v) is 11.7. The number of rotatable bonds is 10. The number of aryl methyl sites for hydroxylation is 1. The number of hydrogen-bond donors (Lipinski definition) is 5. The van der Waals surface area contributed by atoms with E-state index in [9.17, 15) is 24.3 Å². The van der Waals surface area contributed by atoms with Crippen molar-refractivity contribution in [2.24, 2.45) is 11.0 Å². The lowest BCUT2D eigenvalue weighted by molar-refractivity contribution is -0.150. The van der Waals surface area contributed by atoms with Crippen LogP contribution in [0.2, 0.25) is 0 Å². The number of fused-ring (bicyclic) bond motifs is 1. The molecule has 0 saturated carbocycles. The first kappa shape index (κ1) is 26.8. The number of hydrogen-bond acceptors (Lipinski definition) is 15. The van der Waals surface area contributed by atoms with E-state index in [0.29, 0.717) is 21.4 Å². The third kappa shape index (κ3) is 5.85. The topological polar surface area (TPSA) is 228 Å². The molecule has 1 saturated heterocycles. The Morgan fingerprint density at radius 3 is 2.78 bits per heavy atom. The third-order valence-corrected chi connectivity index (χ3v) is 8.98. The number of nitrogens with zero attached hydrogens (tertiary/aromatic N) is 5. The summed E-state index contributed by atoms with van der Waals surface area (Å²) in [6, 6.07) is -1.01. The SMILES string of the molecule is Cc1nnc(SCC2=C(C(=O)O)N3C(=O)C(NC(=O)C(=NOCC(=O)NN)c4csc(N)n4)[C@H]3SC2)s1. The summed E-state index contributed by atoms with van der Waals surface area (Å²) >= 11 is 5.11. The first-order valence-corrected chi connectivity index (χ1v) is 14.0. The van der Waals surface area contributed by atoms with Crippen molar-refractivity contribution in [2.45, 2.75) is 22.7 Å². The fourth-order valence-corrected chi connectivity index (χ4v) is 7.14. The number of nitrogen functional groups attached to an aromatic ring is 1. The number of carbonyl (C=O) groups excluding carboxylic acids is 3. The molecule has 2 atom stereocenters. The van der Waals surface area contributed by atoms with Crippen LogP contribution in [-0.2, 0) is 24.0 Å². The number of β-lactam (4-membered cyclic amide) rings is 1. The largest absolute Gasteiger partial charge is 0.477 e. The first-order valence-electron chi connectivity index (χ1n) is 10.2. The van der Waals surface area contributed by atoms with Crippen LogP contribution in [0.4, 0.5) is 5.13 Å². The van der Waals surface area contributed by atoms with Crippen LogP contribution in [0, 0.1) is 6.92 Å². The highest BCUT2D eigenvalue weighted by Gasteiger charge is 2.54. The van der Waals surface area contributed by atoms with Crippen molar-refractivity contribution < 1.29 is 29.1 Å². The number of carboxylic acid groups (broad SMARTS) is 1. The van der Waals surface area contributed by atoms with E-state index in [1.807, 2.05) is 12.3 Å². The highest BCUT2D eigenvalue weighted by Crippen LogP contribution is 2.41. The van der Waals surface area contributed by atoms with Crippen molar-refractivity contribution in [3.05, 3.63) is 27.4 Å². The van der Waals surface area contributed by atoms with Gasteiger partial charge in [0.2, 0.25) is 0 Å². The van der Waals surface area contributed by atoms with Gasteiger partial charge in [0.15, 0.2) is 21.8 Å². The Hall–Kier alpha value is -3.26. The summed E-state index contributed by atoms with van der Waals surface area (Å²) < 4.78 is 0.697. The number of oxime groups is 1. The Balaban J connectivity index is 1.48. The monoisotopic (exact) mass is 585 g/mol. The Morgan fingerprint density at radius 1 is 1.38 bits per heavy atom. The van der Waals surface area contributed by atoms with E-state index in [1.54, 1.807) is 0 Å². The van der Waals surface area contributed by atoms with Crippen LogP contribution >= 0.6 is 46.2 Å². The molecule has 4 rings (SSSR count). The number of aromatic nitrogens is 3. The van der Waals surface area contributed by atoms with E-state index >= 15 is 0 Å². The predicted molar refractivity (Wildman–Crippen MR) is 136 cm³/mol. The average Bonchev–Trinajstić information content (AvgIpc) is 3.50. The van der Waals surface area contributed by atoms with Crippen molar-refractivity contribution in [2.75, 3.05) is 23.8 Å². The molecule has 0 aliphatic carbocycles. The van der Waals surface area contributed by atoms with Crippen molar-refractivity contribution in [1.82, 2.24) is 30.8 Å². The highest BCUT2D eigenvalue weighted by atomic mass is 32.2. The van der Waals surface area contributed by atoms with Gasteiger partial charge < -0.3 is 21.0 Å². The Labute approximate surface area is 225 Å². The van der Waals surface area contributed by atoms with E-state index in [0.717, 1.165) is 16.3 Å². The van der Waals surface area contributed by atoms with Crippen molar-refractivity contribution in [3.63, 3.8) is 0 Å². The summed E-state index contributed by atoms with van der Waals surface area (Å²) in [4.78, 5) is 59.4. The second kappa shape index (κ2) is 11.4. The molecule has 15 nitrogen and oxygen atoms in total. The maximum absolute atomic E-state index is 13.0. The molecular weight excluding hydrogens is 567 g/mol. The normalized spacial score (nSPS) is 19.2. The number of amides is 3. The molecule has 1 fully saturated rings. The predicted octanol–water partition coefficient (Wildman–Crippen LogP) is -0.873. The third-order valence-electron chi connectivity index (χ3n) is 4.91. The number of carboxylic acids is 1. The lowest BCUT2D eigenvalue weighted by atomic mass is 10.0. The molecule has 1 unspecified atom stereocenters. The lowest BCUT2D eigenvalue weighted by Gasteiger charge is -2.49. The molecule has 19 heteroatoms. The molecule has 3 amide bonds. The second-order valence-electron chi connectivity index (χ2n) is 7.35. The molecule has 2 aromatic heterocycles. The van der Waals surface area contributed by atoms with Crippen molar-refractivity contribution >= 4 is 80.7 Å². The van der Waals surface area contributed by atoms with E-state index in [1.165, 1.54) is 45.1 Å². The number of carbonyl (C=O) groups is 4. The molecule has 0 aromatic carbocycles. The Morgan fingerprint density at radius 2 is 2.16 bits per heavy atom. The molecule has 37 heavy (non-hydrogen) atoms. The van der Waals surface area contributed by atoms with Crippen LogP contribution in [0.15, 0.2) is 26.1 Å². The van der Waals surface area contributed by atoms with Gasteiger partial charge in [0.05, 0.1) is 0 Å². The molecule has 196 valence electrons. The molecule has 0 bridgehead atoms. The maximum Gasteiger partial charge on any atom is 0.352 e. The van der Waals surface area contributed by atoms with Gasteiger partial charge in [0, 0.05) is 16.9 Å². The number of nitrogens with two attached hydrogens (primary N) is 2. The van der Waals surface area contributed by atoms with E-state index < -0.39 is 41.7 Å². The van der Waals surface area contributed by atoms with Crippen molar-refractivity contribution in [1.29, 1.82) is 0 Å². The minimum atomic E-state index is -1.24. The van der Waals surface area contributed by atoms with Crippen LogP contribution in [0.3, 0.4) is 0 Å². The number of hydrazine groups is 1. The minimum absolute atomic E-state index is 0.0745. The molecular formula is C18H19N9O6S4. The van der Waals surface area contributed by atoms with Gasteiger partial charge in [-0.2, -0.15) is 0 Å². The summed E-state index contributed by atoms with van der Waals surface area (Å²) in [5.74, 6) is 2.34. The molecule has 2 aromatic rings. The zero-order chi connectivity index (χ0) is 26.7. The van der Waals surface area contributed by atoms with Crippen LogP contribution in [-0.4, -0.2) is 84.1 Å². The van der Waals surface area contributed by atoms with Crippen LogP contribution < -0.4 is 22.3 Å². The lowest BCUT2D eigenvalue weighted by Crippen LogP contribution is -2.71. The molecule has 4 heterocycles. The van der Waals surface area contributed by atoms with Gasteiger partial charge in [-0.15, -0.1) is 33.3 Å². The van der Waals surface area contributed by atoms with Gasteiger partial charge in [-0.05, 0) is 12.5 Å². The highest BCUT2D eigenvalue weighted by molar-refractivity contribution is 8.01. The number of thioether (sulfide) groups is 2. The Kier molecular flexibility index (Phi) is 8.27. The van der Waals surface area contributed by atoms with Gasteiger partial charge in [0.1, 0.15) is 27.8 Å². The quantitative estimate of drug-likeness (QED) is 0.0571. The summed E-state index contributed by atoms with van der Waals surface area (Å²) in [6.07, 6.45) is 0. The maximum atomic E-state index is 13.0. The Bertz CT molecular complexity index is 1310. The van der Waals surface area contributed by atoms with E-state index in [4.69, 9.17) is 16.4 Å². The fourth-order valence-electron chi connectivity index (χ4n) is 3.29. The fraction of sp³-hybridized carbons (Fsp3) is 0.333. The average molecular weight is 586 g/mol. The van der Waals surface area contributed by atoms with Gasteiger partial charge in [0.25, 0.3) is 17.7 Å². The minimum Gasteiger partial charge on any atom is -0.477 e. The first-order chi connectivity index (χ1) is 17.7. The number of thiazole rings is 1. The molecule has 7 N–H and O–H groups in total. The zero-order valence-electron chi connectivity index (χ0n) is 18.9. The van der Waals surface area contributed by atoms with E-state index in [-0.39, 0.29) is 22.2 Å². The standard InChI is InChI=1S/C18H19N9O6S4/c1-6-24-25-18(37-6)36-4-7-3-34-15-11(14(30)27(15)12(7)16(31)32)22-13(29)10(8-5-35-17(19)21-8)26-33-2-9(28)23-20/h5,11,15H,2-4,20H2,1H3,(H2,19,21)(H,22,29)(H,23,28)(H,31,32)/t11?,15-/m1/s1. The summed E-state index contributed by atoms with van der Waals surface area (Å²) in [6.45, 7) is 1.26. The number of nitrogens with one attached hydrogen (secondary N) is 2. The molecule has 2 aliphatic heterocycles. The van der Waals surface area contributed by atoms with Crippen LogP contribution in [0.1, 0.15) is 10.7 Å². The van der Waals surface area contributed by atoms with Gasteiger partial charge in [-0.25, -0.2) is 15.6 Å². The molecule has 0 spiro atoms.